The molecule has 10 heteroatoms. The second-order valence-corrected chi connectivity index (χ2v) is 6.33. The number of nitrogens with zero attached hydrogens (tertiary/aromatic N) is 4. The number of carboxylic acids is 1. The molecule has 1 amide bonds. The fraction of sp³-hybridized carbons (Fsp3) is 0.600. The van der Waals surface area contributed by atoms with Crippen molar-refractivity contribution in [2.24, 2.45) is 0 Å². The molecule has 110 valence electrons. The van der Waals surface area contributed by atoms with Gasteiger partial charge in [0.15, 0.2) is 6.04 Å². The van der Waals surface area contributed by atoms with E-state index in [1.807, 2.05) is 0 Å². The highest BCUT2D eigenvalue weighted by Gasteiger charge is 2.50. The Bertz CT molecular complexity index is 591. The number of β-lactam (4-membered cyclic amide) rings is 1. The lowest BCUT2D eigenvalue weighted by atomic mass is 9.95. The highest BCUT2D eigenvalue weighted by atomic mass is 32.2. The van der Waals surface area contributed by atoms with Crippen LogP contribution in [0.1, 0.15) is 13.3 Å². The van der Waals surface area contributed by atoms with Gasteiger partial charge in [0, 0.05) is 19.2 Å². The molecule has 1 N–H and O–H groups in total. The Morgan fingerprint density at radius 3 is 2.65 bits per heavy atom. The van der Waals surface area contributed by atoms with Gasteiger partial charge < -0.3 is 10.0 Å². The maximum absolute atomic E-state index is 11.6. The first kappa shape index (κ1) is 14.4. The summed E-state index contributed by atoms with van der Waals surface area (Å²) in [4.78, 5) is 24.0. The summed E-state index contributed by atoms with van der Waals surface area (Å²) in [6.07, 6.45) is 3.04. The fourth-order valence-electron chi connectivity index (χ4n) is 2.23. The monoisotopic (exact) mass is 302 g/mol. The summed E-state index contributed by atoms with van der Waals surface area (Å²) in [5.41, 5.74) is 0. The van der Waals surface area contributed by atoms with E-state index in [0.29, 0.717) is 0 Å². The molecule has 1 unspecified atom stereocenters. The third-order valence-electron chi connectivity index (χ3n) is 3.39. The fourth-order valence-corrected chi connectivity index (χ4v) is 2.94. The van der Waals surface area contributed by atoms with Gasteiger partial charge in [0.05, 0.1) is 12.7 Å². The number of carbonyl (C=O) groups is 2. The molecule has 0 bridgehead atoms. The van der Waals surface area contributed by atoms with Gasteiger partial charge in [-0.25, -0.2) is 13.2 Å². The zero-order valence-electron chi connectivity index (χ0n) is 10.7. The van der Waals surface area contributed by atoms with Crippen LogP contribution in [-0.4, -0.2) is 62.6 Å². The van der Waals surface area contributed by atoms with Gasteiger partial charge in [0.1, 0.15) is 15.5 Å². The van der Waals surface area contributed by atoms with Crippen LogP contribution in [0, 0.1) is 0 Å². The Morgan fingerprint density at radius 1 is 1.60 bits per heavy atom. The largest absolute Gasteiger partial charge is 0.480 e. The maximum atomic E-state index is 11.6. The number of aliphatic carboxylic acids is 1. The molecular weight excluding hydrogens is 288 g/mol. The number of carboxylic acid groups (broad SMARTS) is 1. The Morgan fingerprint density at radius 2 is 2.30 bits per heavy atom. The minimum atomic E-state index is -3.11. The van der Waals surface area contributed by atoms with Gasteiger partial charge in [-0.05, 0) is 6.92 Å². The van der Waals surface area contributed by atoms with Crippen LogP contribution < -0.4 is 0 Å². The molecule has 1 aliphatic rings. The normalized spacial score (nSPS) is 19.5. The van der Waals surface area contributed by atoms with Gasteiger partial charge >= 0.3 is 5.97 Å². The Kier molecular flexibility index (Phi) is 3.75. The van der Waals surface area contributed by atoms with Crippen molar-refractivity contribution in [1.82, 2.24) is 19.9 Å². The van der Waals surface area contributed by atoms with Crippen molar-refractivity contribution in [2.45, 2.75) is 30.7 Å². The predicted octanol–water partition coefficient (Wildman–Crippen LogP) is -1.67. The molecule has 0 saturated carbocycles. The van der Waals surface area contributed by atoms with Crippen molar-refractivity contribution in [3.8, 4) is 0 Å². The topological polar surface area (TPSA) is 122 Å². The number of hydrogen-bond donors (Lipinski definition) is 2. The number of amides is 1. The van der Waals surface area contributed by atoms with Gasteiger partial charge in [-0.2, -0.15) is 0 Å². The first-order valence-electron chi connectivity index (χ1n) is 5.87. The average Bonchev–Trinajstić information content (AvgIpc) is 2.85. The third kappa shape index (κ3) is 2.38. The summed E-state index contributed by atoms with van der Waals surface area (Å²) >= 11 is 0. The SMILES string of the molecule is C[C@](Cn1ccnn1)(C(C(=O)O)N1CCC1=O)[SH](=O)=O. The quantitative estimate of drug-likeness (QED) is 0.476. The van der Waals surface area contributed by atoms with E-state index in [2.05, 4.69) is 10.3 Å². The molecule has 2 heterocycles. The Hall–Kier alpha value is -1.97. The molecule has 2 atom stereocenters. The Labute approximate surface area is 116 Å². The third-order valence-corrected chi connectivity index (χ3v) is 4.61. The lowest BCUT2D eigenvalue weighted by molar-refractivity contribution is -0.158. The lowest BCUT2D eigenvalue weighted by Gasteiger charge is -2.42. The first-order chi connectivity index (χ1) is 9.36. The number of rotatable bonds is 6. The second-order valence-electron chi connectivity index (χ2n) is 4.79. The van der Waals surface area contributed by atoms with E-state index >= 15 is 0 Å². The smallest absolute Gasteiger partial charge is 0.328 e. The van der Waals surface area contributed by atoms with E-state index in [1.165, 1.54) is 24.0 Å². The molecule has 2 rings (SSSR count). The maximum Gasteiger partial charge on any atom is 0.328 e. The zero-order chi connectivity index (χ0) is 14.9. The van der Waals surface area contributed by atoms with Gasteiger partial charge in [0.25, 0.3) is 0 Å². The number of carbonyl (C=O) groups excluding carboxylic acids is 1. The molecule has 9 nitrogen and oxygen atoms in total. The van der Waals surface area contributed by atoms with Gasteiger partial charge in [-0.1, -0.05) is 5.21 Å². The number of aromatic nitrogens is 3. The summed E-state index contributed by atoms with van der Waals surface area (Å²) in [6, 6.07) is -1.44. The molecule has 1 saturated heterocycles. The van der Waals surface area contributed by atoms with Crippen LogP contribution in [0.25, 0.3) is 0 Å². The number of thiol groups is 1. The van der Waals surface area contributed by atoms with Crippen molar-refractivity contribution in [2.75, 3.05) is 6.54 Å². The summed E-state index contributed by atoms with van der Waals surface area (Å²) in [5.74, 6) is -1.71. The zero-order valence-corrected chi connectivity index (χ0v) is 11.6. The molecule has 1 aromatic heterocycles. The van der Waals surface area contributed by atoms with Crippen LogP contribution >= 0.6 is 0 Å². The van der Waals surface area contributed by atoms with Crippen LogP contribution in [0.3, 0.4) is 0 Å². The predicted molar refractivity (Wildman–Crippen MR) is 66.5 cm³/mol. The van der Waals surface area contributed by atoms with Gasteiger partial charge in [-0.3, -0.25) is 9.48 Å². The van der Waals surface area contributed by atoms with E-state index in [4.69, 9.17) is 0 Å². The lowest BCUT2D eigenvalue weighted by Crippen LogP contribution is -2.63. The van der Waals surface area contributed by atoms with Crippen LogP contribution in [0.15, 0.2) is 12.4 Å². The van der Waals surface area contributed by atoms with Crippen molar-refractivity contribution in [3.05, 3.63) is 12.4 Å². The minimum absolute atomic E-state index is 0.188. The van der Waals surface area contributed by atoms with E-state index in [-0.39, 0.29) is 25.4 Å². The molecule has 20 heavy (non-hydrogen) atoms. The van der Waals surface area contributed by atoms with Crippen molar-refractivity contribution in [1.29, 1.82) is 0 Å². The van der Waals surface area contributed by atoms with E-state index in [9.17, 15) is 23.1 Å². The van der Waals surface area contributed by atoms with E-state index < -0.39 is 27.5 Å². The molecular formula is C10H14N4O5S. The summed E-state index contributed by atoms with van der Waals surface area (Å²) < 4.78 is 22.8. The molecule has 0 aliphatic carbocycles. The van der Waals surface area contributed by atoms with Crippen molar-refractivity contribution in [3.63, 3.8) is 0 Å². The molecule has 1 fully saturated rings. The standard InChI is InChI=1S/C10H14N4O5S/c1-10(20(18)19,6-13-5-3-11-12-13)8(9(16)17)14-4-2-7(14)15/h3,5,8,20H,2,4,6H2,1H3,(H,16,17)/t8?,10-/m0/s1. The summed E-state index contributed by atoms with van der Waals surface area (Å²) in [6.45, 7) is 1.35. The highest BCUT2D eigenvalue weighted by molar-refractivity contribution is 7.74. The molecule has 1 aliphatic heterocycles. The van der Waals surface area contributed by atoms with Crippen LogP contribution in [0.2, 0.25) is 0 Å². The second kappa shape index (κ2) is 5.19. The first-order valence-corrected chi connectivity index (χ1v) is 7.05. The van der Waals surface area contributed by atoms with Crippen LogP contribution in [0.5, 0.6) is 0 Å². The van der Waals surface area contributed by atoms with Crippen molar-refractivity contribution < 1.29 is 23.1 Å². The molecule has 0 radical (unpaired) electrons. The summed E-state index contributed by atoms with van der Waals surface area (Å²) in [5, 5.41) is 16.5. The average molecular weight is 302 g/mol. The molecule has 0 aromatic carbocycles. The van der Waals surface area contributed by atoms with Crippen LogP contribution in [0.4, 0.5) is 0 Å². The van der Waals surface area contributed by atoms with Gasteiger partial charge in [0.2, 0.25) is 5.91 Å². The minimum Gasteiger partial charge on any atom is -0.480 e. The van der Waals surface area contributed by atoms with Gasteiger partial charge in [-0.15, -0.1) is 5.10 Å². The van der Waals surface area contributed by atoms with E-state index in [0.717, 1.165) is 4.90 Å². The number of hydrogen-bond acceptors (Lipinski definition) is 6. The van der Waals surface area contributed by atoms with Crippen LogP contribution in [-0.2, 0) is 26.8 Å². The van der Waals surface area contributed by atoms with Crippen molar-refractivity contribution >= 4 is 22.6 Å². The van der Waals surface area contributed by atoms with E-state index in [1.54, 1.807) is 0 Å². The highest BCUT2D eigenvalue weighted by Crippen LogP contribution is 2.27. The Balaban J connectivity index is 2.38. The molecule has 1 aromatic rings. The number of likely N-dealkylation sites (tertiary alicyclic amines) is 1. The molecule has 0 spiro atoms. The summed E-state index contributed by atoms with van der Waals surface area (Å²) in [7, 11) is -3.11.